The lowest BCUT2D eigenvalue weighted by Crippen LogP contribution is -1.97. The minimum absolute atomic E-state index is 0.818. The van der Waals surface area contributed by atoms with Crippen molar-refractivity contribution in [1.29, 1.82) is 0 Å². The largest absolute Gasteiger partial charge is 0.232 e. The summed E-state index contributed by atoms with van der Waals surface area (Å²) in [6.07, 6.45) is 18.0. The quantitative estimate of drug-likeness (QED) is 0.129. The summed E-state index contributed by atoms with van der Waals surface area (Å²) in [5, 5.41) is 2.83. The molecule has 0 saturated heterocycles. The molecule has 1 aliphatic rings. The van der Waals surface area contributed by atoms with Crippen molar-refractivity contribution in [3.63, 3.8) is 0 Å². The van der Waals surface area contributed by atoms with Crippen LogP contribution in [0, 0.1) is 0 Å². The fraction of sp³-hybridized carbons (Fsp3) is 0.571. The van der Waals surface area contributed by atoms with Crippen molar-refractivity contribution in [3.8, 4) is 0 Å². The van der Waals surface area contributed by atoms with Crippen molar-refractivity contribution >= 4 is 88.3 Å². The van der Waals surface area contributed by atoms with E-state index >= 15 is 0 Å². The van der Waals surface area contributed by atoms with Gasteiger partial charge in [-0.15, -0.1) is 22.7 Å². The topological polar surface area (TPSA) is 24.7 Å². The maximum atomic E-state index is 5.01. The van der Waals surface area contributed by atoms with Gasteiger partial charge in [0.25, 0.3) is 0 Å². The van der Waals surface area contributed by atoms with Gasteiger partial charge in [-0.05, 0) is 92.6 Å². The Morgan fingerprint density at radius 3 is 1.69 bits per heavy atom. The molecule has 0 aromatic carbocycles. The summed E-state index contributed by atoms with van der Waals surface area (Å²) in [6, 6.07) is 4.56. The van der Waals surface area contributed by atoms with E-state index in [1.54, 1.807) is 34.4 Å². The molecule has 0 aliphatic carbocycles. The second-order valence-electron chi connectivity index (χ2n) is 9.25. The van der Waals surface area contributed by atoms with E-state index in [0.717, 1.165) is 31.7 Å². The predicted octanol–water partition coefficient (Wildman–Crippen LogP) is 12.2. The molecular formula is C28H38Br2N2S4. The summed E-state index contributed by atoms with van der Waals surface area (Å²) in [7, 11) is 0. The average Bonchev–Trinajstić information content (AvgIpc) is 3.34. The minimum Gasteiger partial charge on any atom is -0.232 e. The number of unbranched alkanes of at least 4 members (excludes halogenated alkanes) is 10. The number of rotatable bonds is 16. The molecule has 0 unspecified atom stereocenters. The van der Waals surface area contributed by atoms with Crippen molar-refractivity contribution in [3.05, 3.63) is 52.2 Å². The molecule has 0 N–H and O–H groups in total. The van der Waals surface area contributed by atoms with Gasteiger partial charge >= 0.3 is 0 Å². The Balaban J connectivity index is 1.66. The molecule has 0 amide bonds. The molecule has 0 bridgehead atoms. The van der Waals surface area contributed by atoms with Crippen LogP contribution in [0.25, 0.3) is 0 Å². The summed E-state index contributed by atoms with van der Waals surface area (Å²) in [4.78, 5) is 7.43. The molecule has 3 heterocycles. The highest BCUT2D eigenvalue weighted by Gasteiger charge is 2.22. The maximum absolute atomic E-state index is 5.01. The Morgan fingerprint density at radius 1 is 0.694 bits per heavy atom. The maximum Gasteiger partial charge on any atom is 0.137 e. The Labute approximate surface area is 251 Å². The van der Waals surface area contributed by atoms with Gasteiger partial charge in [-0.3, -0.25) is 0 Å². The average molecular weight is 691 g/mol. The van der Waals surface area contributed by atoms with Gasteiger partial charge < -0.3 is 0 Å². The Bertz CT molecular complexity index is 1040. The van der Waals surface area contributed by atoms with Crippen LogP contribution in [0.15, 0.2) is 40.7 Å². The van der Waals surface area contributed by atoms with Crippen LogP contribution in [0.1, 0.15) is 112 Å². The van der Waals surface area contributed by atoms with Gasteiger partial charge in [-0.1, -0.05) is 84.6 Å². The van der Waals surface area contributed by atoms with E-state index in [0.29, 0.717) is 0 Å². The van der Waals surface area contributed by atoms with Crippen molar-refractivity contribution in [2.45, 2.75) is 104 Å². The van der Waals surface area contributed by atoms with Crippen LogP contribution in [-0.2, 0) is 12.8 Å². The molecule has 0 atom stereocenters. The summed E-state index contributed by atoms with van der Waals surface area (Å²) in [5.41, 5.74) is 2.78. The van der Waals surface area contributed by atoms with Crippen LogP contribution >= 0.6 is 78.2 Å². The smallest absolute Gasteiger partial charge is 0.137 e. The molecule has 2 aromatic heterocycles. The molecule has 3 rings (SSSR count). The second-order valence-corrected chi connectivity index (χ2v) is 15.9. The molecular weight excluding hydrogens is 652 g/mol. The van der Waals surface area contributed by atoms with Crippen molar-refractivity contribution in [1.82, 2.24) is 0 Å². The molecule has 0 spiro atoms. The first kappa shape index (κ1) is 30.7. The van der Waals surface area contributed by atoms with Crippen LogP contribution in [0.4, 0.5) is 0 Å². The molecule has 2 nitrogen and oxygen atoms in total. The van der Waals surface area contributed by atoms with E-state index in [-0.39, 0.29) is 0 Å². The number of nitrogens with zero attached hydrogens (tertiary/aromatic N) is 2. The third-order valence-corrected chi connectivity index (χ3v) is 11.5. The minimum atomic E-state index is 0.818. The van der Waals surface area contributed by atoms with Gasteiger partial charge in [0.2, 0.25) is 0 Å². The second kappa shape index (κ2) is 17.0. The highest BCUT2D eigenvalue weighted by atomic mass is 79.9. The fourth-order valence-electron chi connectivity index (χ4n) is 4.27. The zero-order chi connectivity index (χ0) is 25.8. The molecule has 0 saturated carbocycles. The zero-order valence-corrected chi connectivity index (χ0v) is 28.0. The van der Waals surface area contributed by atoms with E-state index in [9.17, 15) is 0 Å². The van der Waals surface area contributed by atoms with Gasteiger partial charge in [-0.2, -0.15) is 0 Å². The summed E-state index contributed by atoms with van der Waals surface area (Å²) >= 11 is 14.1. The van der Waals surface area contributed by atoms with Gasteiger partial charge in [0.1, 0.15) is 10.1 Å². The van der Waals surface area contributed by atoms with Crippen LogP contribution in [0.3, 0.4) is 0 Å². The summed E-state index contributed by atoms with van der Waals surface area (Å²) < 4.78 is 7.35. The molecule has 1 aliphatic heterocycles. The van der Waals surface area contributed by atoms with Crippen LogP contribution in [0.5, 0.6) is 0 Å². The lowest BCUT2D eigenvalue weighted by molar-refractivity contribution is 0.608. The van der Waals surface area contributed by atoms with Crippen molar-refractivity contribution in [2.24, 2.45) is 9.39 Å². The zero-order valence-electron chi connectivity index (χ0n) is 21.5. The first-order chi connectivity index (χ1) is 17.5. The van der Waals surface area contributed by atoms with Crippen LogP contribution in [0.2, 0.25) is 0 Å². The molecule has 36 heavy (non-hydrogen) atoms. The van der Waals surface area contributed by atoms with E-state index < -0.39 is 0 Å². The first-order valence-corrected chi connectivity index (χ1v) is 18.1. The highest BCUT2D eigenvalue weighted by molar-refractivity contribution is 9.11. The molecule has 0 fully saturated rings. The number of hydrogen-bond donors (Lipinski definition) is 0. The number of thiophene rings is 2. The monoisotopic (exact) mass is 688 g/mol. The Hall–Kier alpha value is 0.140. The SMILES string of the molecule is C=C1N=C(c2sc(Br)cc2CCCCCCCC)SN=C(c2sc(Br)cc2CCCCCCCC)S1. The van der Waals surface area contributed by atoms with E-state index in [4.69, 9.17) is 9.39 Å². The number of aryl methyl sites for hydroxylation is 2. The van der Waals surface area contributed by atoms with E-state index in [2.05, 4.69) is 64.4 Å². The van der Waals surface area contributed by atoms with Gasteiger partial charge in [0.15, 0.2) is 0 Å². The fourth-order valence-corrected chi connectivity index (χ4v) is 9.51. The van der Waals surface area contributed by atoms with Gasteiger partial charge in [-0.25, -0.2) is 9.39 Å². The van der Waals surface area contributed by atoms with Gasteiger partial charge in [0, 0.05) is 11.9 Å². The Morgan fingerprint density at radius 2 is 1.17 bits per heavy atom. The molecule has 2 aromatic rings. The van der Waals surface area contributed by atoms with Crippen LogP contribution < -0.4 is 0 Å². The number of halogens is 2. The third-order valence-electron chi connectivity index (χ3n) is 6.20. The number of hydrogen-bond acceptors (Lipinski definition) is 6. The van der Waals surface area contributed by atoms with Crippen LogP contribution in [-0.4, -0.2) is 10.1 Å². The van der Waals surface area contributed by atoms with Crippen molar-refractivity contribution < 1.29 is 0 Å². The van der Waals surface area contributed by atoms with Gasteiger partial charge in [0.05, 0.1) is 22.4 Å². The summed E-state index contributed by atoms with van der Waals surface area (Å²) in [6.45, 7) is 8.82. The first-order valence-electron chi connectivity index (χ1n) is 13.3. The molecule has 0 radical (unpaired) electrons. The normalized spacial score (nSPS) is 14.2. The number of thioether (sulfide) groups is 1. The lowest BCUT2D eigenvalue weighted by Gasteiger charge is -2.05. The predicted molar refractivity (Wildman–Crippen MR) is 176 cm³/mol. The third kappa shape index (κ3) is 10.0. The lowest BCUT2D eigenvalue weighted by atomic mass is 10.1. The Kier molecular flexibility index (Phi) is 14.5. The standard InChI is InChI=1S/C28H38Br2N2S4/c1-4-6-8-10-12-14-16-21-18-23(29)34-25(21)27-31-20(3)33-28(32-36-27)26-22(19-24(30)35-26)17-15-13-11-9-7-5-2/h18-19H,3-17H2,1-2H3. The van der Waals surface area contributed by atoms with Crippen molar-refractivity contribution in [2.75, 3.05) is 0 Å². The number of aliphatic imine (C=N–C) groups is 1. The van der Waals surface area contributed by atoms with E-state index in [1.807, 2.05) is 0 Å². The summed E-state index contributed by atoms with van der Waals surface area (Å²) in [5.74, 6) is 0. The van der Waals surface area contributed by atoms with E-state index in [1.165, 1.54) is 114 Å². The molecule has 198 valence electrons. The highest BCUT2D eigenvalue weighted by Crippen LogP contribution is 2.40. The molecule has 8 heteroatoms.